The van der Waals surface area contributed by atoms with Crippen LogP contribution < -0.4 is 0 Å². The molecule has 0 saturated carbocycles. The Morgan fingerprint density at radius 2 is 1.92 bits per heavy atom. The van der Waals surface area contributed by atoms with Gasteiger partial charge in [0.15, 0.2) is 0 Å². The maximum Gasteiger partial charge on any atom is 0.303 e. The van der Waals surface area contributed by atoms with Gasteiger partial charge in [-0.05, 0) is 6.42 Å². The molecule has 5 heteroatoms. The van der Waals surface area contributed by atoms with Gasteiger partial charge in [0.2, 0.25) is 5.91 Å². The van der Waals surface area contributed by atoms with Gasteiger partial charge < -0.3 is 5.11 Å². The molecule has 0 aliphatic heterocycles. The highest BCUT2D eigenvalue weighted by Gasteiger charge is 2.14. The minimum atomic E-state index is -0.926. The van der Waals surface area contributed by atoms with E-state index in [1.54, 1.807) is 13.8 Å². The van der Waals surface area contributed by atoms with E-state index in [0.717, 1.165) is 0 Å². The average Bonchev–Trinajstić information content (AvgIpc) is 2.02. The molecule has 1 amide bonds. The summed E-state index contributed by atoms with van der Waals surface area (Å²) in [7, 11) is 0. The van der Waals surface area contributed by atoms with Crippen LogP contribution in [0.1, 0.15) is 26.7 Å². The van der Waals surface area contributed by atoms with Crippen LogP contribution in [0.3, 0.4) is 0 Å². The molecule has 0 fully saturated rings. The summed E-state index contributed by atoms with van der Waals surface area (Å²) in [6.45, 7) is 3.41. The number of carbonyl (C=O) groups excluding carboxylic acids is 1. The summed E-state index contributed by atoms with van der Waals surface area (Å²) in [6, 6.07) is 0. The molecule has 13 heavy (non-hydrogen) atoms. The van der Waals surface area contributed by atoms with E-state index in [2.05, 4.69) is 0 Å². The maximum atomic E-state index is 11.0. The van der Waals surface area contributed by atoms with Crippen LogP contribution in [-0.4, -0.2) is 33.8 Å². The van der Waals surface area contributed by atoms with Crippen molar-refractivity contribution < 1.29 is 19.9 Å². The molecule has 0 unspecified atom stereocenters. The summed E-state index contributed by atoms with van der Waals surface area (Å²) in [6.07, 6.45) is 0.229. The molecular weight excluding hydrogens is 174 g/mol. The van der Waals surface area contributed by atoms with Crippen molar-refractivity contribution in [2.24, 2.45) is 5.92 Å². The molecule has 2 N–H and O–H groups in total. The normalized spacial score (nSPS) is 10.2. The van der Waals surface area contributed by atoms with E-state index in [4.69, 9.17) is 10.3 Å². The van der Waals surface area contributed by atoms with E-state index in [-0.39, 0.29) is 31.2 Å². The lowest BCUT2D eigenvalue weighted by molar-refractivity contribution is -0.169. The molecule has 0 aromatic carbocycles. The molecule has 0 spiro atoms. The standard InChI is InChI=1S/C8H15NO4/c1-6(2)8(12)9(13)5-3-4-7(10)11/h6,13H,3-5H2,1-2H3,(H,10,11). The monoisotopic (exact) mass is 189 g/mol. The van der Waals surface area contributed by atoms with Crippen LogP contribution in [-0.2, 0) is 9.59 Å². The van der Waals surface area contributed by atoms with E-state index in [1.165, 1.54) is 0 Å². The summed E-state index contributed by atoms with van der Waals surface area (Å²) >= 11 is 0. The summed E-state index contributed by atoms with van der Waals surface area (Å²) < 4.78 is 0. The summed E-state index contributed by atoms with van der Waals surface area (Å²) in [5.74, 6) is -1.58. The lowest BCUT2D eigenvalue weighted by Gasteiger charge is -2.16. The van der Waals surface area contributed by atoms with Crippen LogP contribution in [0, 0.1) is 5.92 Å². The molecule has 0 saturated heterocycles. The number of amides is 1. The topological polar surface area (TPSA) is 77.8 Å². The van der Waals surface area contributed by atoms with Gasteiger partial charge in [-0.1, -0.05) is 13.8 Å². The molecule has 0 atom stereocenters. The average molecular weight is 189 g/mol. The molecule has 0 bridgehead atoms. The molecule has 0 aromatic heterocycles. The largest absolute Gasteiger partial charge is 0.481 e. The van der Waals surface area contributed by atoms with Crippen molar-refractivity contribution in [2.75, 3.05) is 6.54 Å². The number of hydrogen-bond acceptors (Lipinski definition) is 3. The Kier molecular flexibility index (Phi) is 5.06. The second-order valence-electron chi connectivity index (χ2n) is 3.11. The first-order valence-electron chi connectivity index (χ1n) is 4.17. The van der Waals surface area contributed by atoms with Crippen LogP contribution in [0.5, 0.6) is 0 Å². The number of rotatable bonds is 5. The molecule has 0 heterocycles. The third-order valence-corrected chi connectivity index (χ3v) is 1.51. The van der Waals surface area contributed by atoms with Gasteiger partial charge in [0.1, 0.15) is 0 Å². The highest BCUT2D eigenvalue weighted by Crippen LogP contribution is 2.00. The number of carbonyl (C=O) groups is 2. The molecule has 0 aliphatic carbocycles. The predicted molar refractivity (Wildman–Crippen MR) is 45.2 cm³/mol. The van der Waals surface area contributed by atoms with Crippen LogP contribution >= 0.6 is 0 Å². The maximum absolute atomic E-state index is 11.0. The van der Waals surface area contributed by atoms with Crippen LogP contribution in [0.15, 0.2) is 0 Å². The smallest absolute Gasteiger partial charge is 0.303 e. The second kappa shape index (κ2) is 5.53. The van der Waals surface area contributed by atoms with Crippen molar-refractivity contribution >= 4 is 11.9 Å². The Balaban J connectivity index is 3.68. The van der Waals surface area contributed by atoms with E-state index >= 15 is 0 Å². The number of aliphatic carboxylic acids is 1. The Hall–Kier alpha value is -1.10. The first-order valence-corrected chi connectivity index (χ1v) is 4.17. The van der Waals surface area contributed by atoms with E-state index in [0.29, 0.717) is 5.06 Å². The van der Waals surface area contributed by atoms with Crippen LogP contribution in [0.25, 0.3) is 0 Å². The quantitative estimate of drug-likeness (QED) is 0.493. The van der Waals surface area contributed by atoms with Crippen molar-refractivity contribution in [1.29, 1.82) is 0 Å². The minimum Gasteiger partial charge on any atom is -0.481 e. The van der Waals surface area contributed by atoms with Gasteiger partial charge in [-0.15, -0.1) is 0 Å². The van der Waals surface area contributed by atoms with Crippen LogP contribution in [0.4, 0.5) is 0 Å². The van der Waals surface area contributed by atoms with Gasteiger partial charge in [0, 0.05) is 18.9 Å². The zero-order valence-electron chi connectivity index (χ0n) is 7.86. The van der Waals surface area contributed by atoms with Crippen molar-refractivity contribution in [1.82, 2.24) is 5.06 Å². The van der Waals surface area contributed by atoms with Crippen molar-refractivity contribution in [2.45, 2.75) is 26.7 Å². The van der Waals surface area contributed by atoms with Gasteiger partial charge in [0.25, 0.3) is 0 Å². The number of carboxylic acid groups (broad SMARTS) is 1. The van der Waals surface area contributed by atoms with Crippen molar-refractivity contribution in [3.05, 3.63) is 0 Å². The lowest BCUT2D eigenvalue weighted by atomic mass is 10.2. The molecule has 0 aromatic rings. The summed E-state index contributed by atoms with van der Waals surface area (Å²) in [4.78, 5) is 21.1. The molecular formula is C8H15NO4. The minimum absolute atomic E-state index is 0.0393. The zero-order chi connectivity index (χ0) is 10.4. The number of hydrogen-bond donors (Lipinski definition) is 2. The number of carboxylic acids is 1. The molecule has 5 nitrogen and oxygen atoms in total. The van der Waals surface area contributed by atoms with Gasteiger partial charge in [-0.2, -0.15) is 0 Å². The van der Waals surface area contributed by atoms with Gasteiger partial charge >= 0.3 is 5.97 Å². The van der Waals surface area contributed by atoms with Gasteiger partial charge in [0.05, 0.1) is 0 Å². The zero-order valence-corrected chi connectivity index (χ0v) is 7.86. The fraction of sp³-hybridized carbons (Fsp3) is 0.750. The highest BCUT2D eigenvalue weighted by atomic mass is 16.5. The van der Waals surface area contributed by atoms with E-state index < -0.39 is 5.97 Å². The molecule has 0 radical (unpaired) electrons. The van der Waals surface area contributed by atoms with Gasteiger partial charge in [-0.25, -0.2) is 5.06 Å². The third-order valence-electron chi connectivity index (χ3n) is 1.51. The fourth-order valence-corrected chi connectivity index (χ4v) is 0.788. The van der Waals surface area contributed by atoms with E-state index in [9.17, 15) is 9.59 Å². The number of nitrogens with zero attached hydrogens (tertiary/aromatic N) is 1. The molecule has 76 valence electrons. The van der Waals surface area contributed by atoms with E-state index in [1.807, 2.05) is 0 Å². The predicted octanol–water partition coefficient (Wildman–Crippen LogP) is 0.725. The Morgan fingerprint density at radius 3 is 2.31 bits per heavy atom. The fourth-order valence-electron chi connectivity index (χ4n) is 0.788. The lowest BCUT2D eigenvalue weighted by Crippen LogP contribution is -2.32. The molecule has 0 aliphatic rings. The second-order valence-corrected chi connectivity index (χ2v) is 3.11. The Morgan fingerprint density at radius 1 is 1.38 bits per heavy atom. The third kappa shape index (κ3) is 5.19. The first-order chi connectivity index (χ1) is 5.95. The number of hydroxylamine groups is 2. The van der Waals surface area contributed by atoms with Crippen LogP contribution in [0.2, 0.25) is 0 Å². The SMILES string of the molecule is CC(C)C(=O)N(O)CCCC(=O)O. The Labute approximate surface area is 76.9 Å². The first kappa shape index (κ1) is 11.9. The Bertz CT molecular complexity index is 191. The molecule has 0 rings (SSSR count). The highest BCUT2D eigenvalue weighted by molar-refractivity contribution is 5.76. The summed E-state index contributed by atoms with van der Waals surface area (Å²) in [5.41, 5.74) is 0. The van der Waals surface area contributed by atoms with Crippen molar-refractivity contribution in [3.63, 3.8) is 0 Å². The van der Waals surface area contributed by atoms with Gasteiger partial charge in [-0.3, -0.25) is 14.8 Å². The van der Waals surface area contributed by atoms with Crippen molar-refractivity contribution in [3.8, 4) is 0 Å². The summed E-state index contributed by atoms with van der Waals surface area (Å²) in [5, 5.41) is 18.0.